The van der Waals surface area contributed by atoms with Gasteiger partial charge in [-0.2, -0.15) is 0 Å². The van der Waals surface area contributed by atoms with E-state index in [1.165, 1.54) is 12.4 Å². The Morgan fingerprint density at radius 3 is 2.69 bits per heavy atom. The molecule has 2 aromatic heterocycles. The van der Waals surface area contributed by atoms with E-state index in [1.807, 2.05) is 30.3 Å². The molecule has 0 atom stereocenters. The zero-order chi connectivity index (χ0) is 27.0. The molecule has 39 heavy (non-hydrogen) atoms. The molecule has 0 saturated carbocycles. The first-order valence-electron chi connectivity index (χ1n) is 12.6. The quantitative estimate of drug-likeness (QED) is 0.155. The summed E-state index contributed by atoms with van der Waals surface area (Å²) in [4.78, 5) is 8.85. The van der Waals surface area contributed by atoms with Crippen LogP contribution in [-0.2, 0) is 11.3 Å². The summed E-state index contributed by atoms with van der Waals surface area (Å²) in [7, 11) is 1.72. The molecular formula is C30H28ClFN4O3. The molecule has 7 nitrogen and oxygen atoms in total. The highest BCUT2D eigenvalue weighted by Crippen LogP contribution is 2.35. The van der Waals surface area contributed by atoms with Crippen LogP contribution in [-0.4, -0.2) is 30.2 Å². The molecule has 0 unspecified atom stereocenters. The molecule has 0 saturated heterocycles. The van der Waals surface area contributed by atoms with Crippen molar-refractivity contribution in [3.8, 4) is 22.8 Å². The lowest BCUT2D eigenvalue weighted by Crippen LogP contribution is -2.14. The van der Waals surface area contributed by atoms with E-state index in [9.17, 15) is 4.39 Å². The Morgan fingerprint density at radius 1 is 0.949 bits per heavy atom. The van der Waals surface area contributed by atoms with E-state index in [1.54, 1.807) is 43.5 Å². The summed E-state index contributed by atoms with van der Waals surface area (Å²) in [5.74, 6) is 2.24. The molecule has 0 aliphatic heterocycles. The van der Waals surface area contributed by atoms with E-state index in [2.05, 4.69) is 20.6 Å². The molecule has 200 valence electrons. The number of nitrogens with one attached hydrogen (secondary N) is 2. The Hall–Kier alpha value is -3.98. The zero-order valence-electron chi connectivity index (χ0n) is 21.4. The topological polar surface area (TPSA) is 81.4 Å². The van der Waals surface area contributed by atoms with Gasteiger partial charge in [-0.3, -0.25) is 0 Å². The number of hydrogen-bond acceptors (Lipinski definition) is 7. The lowest BCUT2D eigenvalue weighted by atomic mass is 10.1. The van der Waals surface area contributed by atoms with E-state index in [0.717, 1.165) is 54.0 Å². The maximum atomic E-state index is 14.0. The molecule has 0 bridgehead atoms. The predicted octanol–water partition coefficient (Wildman–Crippen LogP) is 7.73. The Morgan fingerprint density at radius 2 is 1.85 bits per heavy atom. The number of halogens is 2. The van der Waals surface area contributed by atoms with Crippen LogP contribution in [0.5, 0.6) is 11.5 Å². The SMILES string of the molecule is COCCCCNCc1ccc(-c2ccc3ncnc(Nc4ccc(Oc5ccccc5F)c(Cl)c4)c3c2)o1. The molecule has 3 aromatic carbocycles. The third-order valence-corrected chi connectivity index (χ3v) is 6.38. The van der Waals surface area contributed by atoms with Crippen LogP contribution in [0.1, 0.15) is 18.6 Å². The van der Waals surface area contributed by atoms with Gasteiger partial charge in [0.2, 0.25) is 0 Å². The average molecular weight is 547 g/mol. The molecule has 9 heteroatoms. The van der Waals surface area contributed by atoms with Crippen LogP contribution in [0.3, 0.4) is 0 Å². The minimum atomic E-state index is -0.461. The third kappa shape index (κ3) is 6.72. The van der Waals surface area contributed by atoms with Crippen molar-refractivity contribution in [3.05, 3.63) is 95.7 Å². The van der Waals surface area contributed by atoms with Gasteiger partial charge in [-0.25, -0.2) is 14.4 Å². The highest BCUT2D eigenvalue weighted by molar-refractivity contribution is 6.32. The van der Waals surface area contributed by atoms with Crippen molar-refractivity contribution < 1.29 is 18.3 Å². The largest absolute Gasteiger partial charge is 0.460 e. The van der Waals surface area contributed by atoms with Gasteiger partial charge in [0.1, 0.15) is 29.4 Å². The number of fused-ring (bicyclic) bond motifs is 1. The van der Waals surface area contributed by atoms with Crippen LogP contribution in [0.25, 0.3) is 22.2 Å². The molecule has 0 spiro atoms. The van der Waals surface area contributed by atoms with Crippen molar-refractivity contribution in [1.82, 2.24) is 15.3 Å². The molecule has 2 N–H and O–H groups in total. The van der Waals surface area contributed by atoms with Gasteiger partial charge < -0.3 is 24.5 Å². The van der Waals surface area contributed by atoms with Crippen LogP contribution in [0.4, 0.5) is 15.9 Å². The fraction of sp³-hybridized carbons (Fsp3) is 0.200. The van der Waals surface area contributed by atoms with Crippen molar-refractivity contribution in [2.24, 2.45) is 0 Å². The minimum Gasteiger partial charge on any atom is -0.460 e. The van der Waals surface area contributed by atoms with E-state index < -0.39 is 5.82 Å². The van der Waals surface area contributed by atoms with Gasteiger partial charge in [0.15, 0.2) is 11.6 Å². The highest BCUT2D eigenvalue weighted by atomic mass is 35.5. The summed E-state index contributed by atoms with van der Waals surface area (Å²) < 4.78 is 30.8. The predicted molar refractivity (Wildman–Crippen MR) is 151 cm³/mol. The Bertz CT molecular complexity index is 1560. The third-order valence-electron chi connectivity index (χ3n) is 6.08. The fourth-order valence-electron chi connectivity index (χ4n) is 4.09. The lowest BCUT2D eigenvalue weighted by Gasteiger charge is -2.12. The summed E-state index contributed by atoms with van der Waals surface area (Å²) in [6.07, 6.45) is 3.58. The number of para-hydroxylation sites is 1. The number of unbranched alkanes of at least 4 members (excludes halogenated alkanes) is 1. The number of hydrogen-bond donors (Lipinski definition) is 2. The number of rotatable bonds is 12. The van der Waals surface area contributed by atoms with Crippen molar-refractivity contribution >= 4 is 34.0 Å². The van der Waals surface area contributed by atoms with Gasteiger partial charge >= 0.3 is 0 Å². The molecule has 0 amide bonds. The van der Waals surface area contributed by atoms with E-state index in [4.69, 9.17) is 25.5 Å². The Labute approximate surface area is 231 Å². The number of methoxy groups -OCH3 is 1. The molecule has 0 radical (unpaired) electrons. The number of nitrogens with zero attached hydrogens (tertiary/aromatic N) is 2. The molecule has 5 aromatic rings. The summed E-state index contributed by atoms with van der Waals surface area (Å²) >= 11 is 6.45. The maximum absolute atomic E-state index is 14.0. The van der Waals surface area contributed by atoms with Gasteiger partial charge in [-0.1, -0.05) is 23.7 Å². The average Bonchev–Trinajstić information content (AvgIpc) is 3.42. The highest BCUT2D eigenvalue weighted by Gasteiger charge is 2.12. The van der Waals surface area contributed by atoms with Crippen LogP contribution in [0, 0.1) is 5.82 Å². The maximum Gasteiger partial charge on any atom is 0.165 e. The van der Waals surface area contributed by atoms with Gasteiger partial charge in [0.25, 0.3) is 0 Å². The second-order valence-electron chi connectivity index (χ2n) is 8.90. The molecule has 2 heterocycles. The summed E-state index contributed by atoms with van der Waals surface area (Å²) in [5, 5.41) is 7.86. The van der Waals surface area contributed by atoms with Crippen LogP contribution >= 0.6 is 11.6 Å². The van der Waals surface area contributed by atoms with Crippen molar-refractivity contribution in [3.63, 3.8) is 0 Å². The molecule has 0 aliphatic carbocycles. The number of ether oxygens (including phenoxy) is 2. The number of benzene rings is 3. The summed E-state index contributed by atoms with van der Waals surface area (Å²) in [6, 6.07) is 21.2. The monoisotopic (exact) mass is 546 g/mol. The minimum absolute atomic E-state index is 0.105. The standard InChI is InChI=1S/C30H28ClFN4O3/c1-37-15-5-4-14-33-18-22-10-13-27(38-22)20-8-11-26-23(16-20)30(35-19-34-26)36-21-9-12-28(24(31)17-21)39-29-7-3-2-6-25(29)32/h2-3,6-13,16-17,19,33H,4-5,14-15,18H2,1H3,(H,34,35,36). The molecule has 5 rings (SSSR count). The van der Waals surface area contributed by atoms with Crippen molar-refractivity contribution in [1.29, 1.82) is 0 Å². The normalized spacial score (nSPS) is 11.2. The van der Waals surface area contributed by atoms with Crippen molar-refractivity contribution in [2.45, 2.75) is 19.4 Å². The first-order valence-corrected chi connectivity index (χ1v) is 13.0. The fourth-order valence-corrected chi connectivity index (χ4v) is 4.31. The molecule has 0 fully saturated rings. The van der Waals surface area contributed by atoms with Gasteiger partial charge in [0, 0.05) is 30.4 Å². The van der Waals surface area contributed by atoms with Gasteiger partial charge in [-0.05, 0) is 80.1 Å². The van der Waals surface area contributed by atoms with Crippen molar-refractivity contribution in [2.75, 3.05) is 25.6 Å². The first kappa shape index (κ1) is 26.6. The van der Waals surface area contributed by atoms with Crippen LogP contribution in [0.2, 0.25) is 5.02 Å². The number of aromatic nitrogens is 2. The van der Waals surface area contributed by atoms with E-state index >= 15 is 0 Å². The molecular weight excluding hydrogens is 519 g/mol. The van der Waals surface area contributed by atoms with Gasteiger partial charge in [0.05, 0.1) is 17.1 Å². The molecule has 0 aliphatic rings. The van der Waals surface area contributed by atoms with Crippen LogP contribution in [0.15, 0.2) is 83.5 Å². The Kier molecular flexibility index (Phi) is 8.68. The smallest absolute Gasteiger partial charge is 0.165 e. The number of anilines is 2. The summed E-state index contributed by atoms with van der Waals surface area (Å²) in [5.41, 5.74) is 2.40. The second-order valence-corrected chi connectivity index (χ2v) is 9.31. The van der Waals surface area contributed by atoms with E-state index in [0.29, 0.717) is 28.8 Å². The van der Waals surface area contributed by atoms with E-state index in [-0.39, 0.29) is 5.75 Å². The Balaban J connectivity index is 1.30. The summed E-state index contributed by atoms with van der Waals surface area (Å²) in [6.45, 7) is 2.34. The first-order chi connectivity index (χ1) is 19.1. The van der Waals surface area contributed by atoms with Gasteiger partial charge in [-0.15, -0.1) is 0 Å². The second kappa shape index (κ2) is 12.7. The lowest BCUT2D eigenvalue weighted by molar-refractivity contribution is 0.192. The number of furan rings is 1. The zero-order valence-corrected chi connectivity index (χ0v) is 22.2. The van der Waals surface area contributed by atoms with Crippen LogP contribution < -0.4 is 15.4 Å².